The van der Waals surface area contributed by atoms with Crippen molar-refractivity contribution in [1.82, 2.24) is 0 Å². The monoisotopic (exact) mass is 307 g/mol. The first-order chi connectivity index (χ1) is 10.2. The van der Waals surface area contributed by atoms with Crippen molar-refractivity contribution >= 4 is 11.6 Å². The maximum atomic E-state index is 6.60. The van der Waals surface area contributed by atoms with E-state index in [1.54, 1.807) is 7.11 Å². The second kappa shape index (κ2) is 6.58. The molecule has 2 saturated carbocycles. The summed E-state index contributed by atoms with van der Waals surface area (Å²) in [7, 11) is 1.71. The molecule has 116 valence electrons. The number of halogens is 1. The molecule has 4 unspecified atom stereocenters. The fraction of sp³-hybridized carbons (Fsp3) is 0.667. The SMILES string of the molecule is COc1ccc(Cl)cc1C(N)C1CCC2CCCCC2C1. The number of fused-ring (bicyclic) bond motifs is 1. The molecule has 0 spiro atoms. The number of benzene rings is 1. The minimum atomic E-state index is 0.0431. The van der Waals surface area contributed by atoms with Crippen molar-refractivity contribution in [2.45, 2.75) is 51.0 Å². The molecule has 0 heterocycles. The largest absolute Gasteiger partial charge is 0.496 e. The molecule has 2 aliphatic carbocycles. The summed E-state index contributed by atoms with van der Waals surface area (Å²) >= 11 is 6.16. The highest BCUT2D eigenvalue weighted by Gasteiger charge is 2.35. The maximum absolute atomic E-state index is 6.60. The molecule has 0 aliphatic heterocycles. The summed E-state index contributed by atoms with van der Waals surface area (Å²) in [5.74, 6) is 3.30. The van der Waals surface area contributed by atoms with Crippen LogP contribution in [0, 0.1) is 17.8 Å². The van der Waals surface area contributed by atoms with Gasteiger partial charge >= 0.3 is 0 Å². The van der Waals surface area contributed by atoms with Crippen molar-refractivity contribution in [2.75, 3.05) is 7.11 Å². The lowest BCUT2D eigenvalue weighted by Gasteiger charge is -2.41. The number of hydrogen-bond acceptors (Lipinski definition) is 2. The molecular formula is C18H26ClNO. The highest BCUT2D eigenvalue weighted by atomic mass is 35.5. The van der Waals surface area contributed by atoms with Crippen LogP contribution in [0.3, 0.4) is 0 Å². The van der Waals surface area contributed by atoms with Crippen LogP contribution in [0.2, 0.25) is 5.02 Å². The van der Waals surface area contributed by atoms with E-state index in [9.17, 15) is 0 Å². The Morgan fingerprint density at radius 3 is 2.67 bits per heavy atom. The highest BCUT2D eigenvalue weighted by molar-refractivity contribution is 6.30. The molecule has 2 aliphatic rings. The Hall–Kier alpha value is -0.730. The van der Waals surface area contributed by atoms with E-state index in [4.69, 9.17) is 22.1 Å². The summed E-state index contributed by atoms with van der Waals surface area (Å²) in [6.45, 7) is 0. The van der Waals surface area contributed by atoms with Crippen molar-refractivity contribution in [1.29, 1.82) is 0 Å². The van der Waals surface area contributed by atoms with Crippen LogP contribution in [0.25, 0.3) is 0 Å². The summed E-state index contributed by atoms with van der Waals surface area (Å²) in [6, 6.07) is 5.83. The topological polar surface area (TPSA) is 35.2 Å². The van der Waals surface area contributed by atoms with Crippen LogP contribution in [0.4, 0.5) is 0 Å². The molecular weight excluding hydrogens is 282 g/mol. The second-order valence-electron chi connectivity index (χ2n) is 6.79. The number of nitrogens with two attached hydrogens (primary N) is 1. The van der Waals surface area contributed by atoms with Crippen molar-refractivity contribution < 1.29 is 4.74 Å². The van der Waals surface area contributed by atoms with Gasteiger partial charge < -0.3 is 10.5 Å². The van der Waals surface area contributed by atoms with Crippen LogP contribution < -0.4 is 10.5 Å². The third-order valence-electron chi connectivity index (χ3n) is 5.64. The summed E-state index contributed by atoms with van der Waals surface area (Å²) in [5, 5.41) is 0.743. The first-order valence-corrected chi connectivity index (χ1v) is 8.66. The van der Waals surface area contributed by atoms with Gasteiger partial charge in [-0.15, -0.1) is 0 Å². The standard InChI is InChI=1S/C18H26ClNO/c1-21-17-9-8-15(19)11-16(17)18(20)14-7-6-12-4-2-3-5-13(12)10-14/h8-9,11-14,18H,2-7,10,20H2,1H3. The van der Waals surface area contributed by atoms with Gasteiger partial charge in [0.05, 0.1) is 7.11 Å². The number of ether oxygens (including phenoxy) is 1. The van der Waals surface area contributed by atoms with Gasteiger partial charge in [0.2, 0.25) is 0 Å². The molecule has 0 saturated heterocycles. The summed E-state index contributed by atoms with van der Waals surface area (Å²) < 4.78 is 5.48. The quantitative estimate of drug-likeness (QED) is 0.857. The highest BCUT2D eigenvalue weighted by Crippen LogP contribution is 2.46. The van der Waals surface area contributed by atoms with E-state index in [1.165, 1.54) is 44.9 Å². The zero-order chi connectivity index (χ0) is 14.8. The predicted octanol–water partition coefficient (Wildman–Crippen LogP) is 4.95. The molecule has 21 heavy (non-hydrogen) atoms. The van der Waals surface area contributed by atoms with Crippen molar-refractivity contribution in [3.05, 3.63) is 28.8 Å². The van der Waals surface area contributed by atoms with E-state index in [1.807, 2.05) is 18.2 Å². The molecule has 2 fully saturated rings. The molecule has 0 radical (unpaired) electrons. The maximum Gasteiger partial charge on any atom is 0.123 e. The van der Waals surface area contributed by atoms with Crippen LogP contribution in [-0.4, -0.2) is 7.11 Å². The molecule has 0 amide bonds. The minimum absolute atomic E-state index is 0.0431. The zero-order valence-corrected chi connectivity index (χ0v) is 13.6. The van der Waals surface area contributed by atoms with Crippen molar-refractivity contribution in [3.63, 3.8) is 0 Å². The molecule has 2 N–H and O–H groups in total. The molecule has 0 bridgehead atoms. The minimum Gasteiger partial charge on any atom is -0.496 e. The first kappa shape index (κ1) is 15.2. The molecule has 3 rings (SSSR count). The van der Waals surface area contributed by atoms with Crippen LogP contribution in [-0.2, 0) is 0 Å². The van der Waals surface area contributed by atoms with Crippen LogP contribution in [0.5, 0.6) is 5.75 Å². The van der Waals surface area contributed by atoms with Gasteiger partial charge in [-0.05, 0) is 55.2 Å². The number of rotatable bonds is 3. The lowest BCUT2D eigenvalue weighted by Crippen LogP contribution is -2.33. The molecule has 3 heteroatoms. The Morgan fingerprint density at radius 2 is 1.90 bits per heavy atom. The Balaban J connectivity index is 1.76. The second-order valence-corrected chi connectivity index (χ2v) is 7.23. The molecule has 0 aromatic heterocycles. The van der Waals surface area contributed by atoms with E-state index >= 15 is 0 Å². The molecule has 1 aromatic rings. The fourth-order valence-electron chi connectivity index (χ4n) is 4.46. The predicted molar refractivity (Wildman–Crippen MR) is 87.7 cm³/mol. The fourth-order valence-corrected chi connectivity index (χ4v) is 4.64. The smallest absolute Gasteiger partial charge is 0.123 e. The average Bonchev–Trinajstić information content (AvgIpc) is 2.53. The lowest BCUT2D eigenvalue weighted by atomic mass is 9.65. The molecule has 1 aromatic carbocycles. The third-order valence-corrected chi connectivity index (χ3v) is 5.87. The Morgan fingerprint density at radius 1 is 1.14 bits per heavy atom. The number of methoxy groups -OCH3 is 1. The van der Waals surface area contributed by atoms with E-state index in [0.717, 1.165) is 28.2 Å². The van der Waals surface area contributed by atoms with Crippen molar-refractivity contribution in [3.8, 4) is 5.75 Å². The van der Waals surface area contributed by atoms with E-state index in [-0.39, 0.29) is 6.04 Å². The first-order valence-electron chi connectivity index (χ1n) is 8.28. The lowest BCUT2D eigenvalue weighted by molar-refractivity contribution is 0.117. The summed E-state index contributed by atoms with van der Waals surface area (Å²) in [5.41, 5.74) is 7.67. The van der Waals surface area contributed by atoms with Crippen LogP contribution in [0.1, 0.15) is 56.6 Å². The third kappa shape index (κ3) is 3.22. The van der Waals surface area contributed by atoms with Crippen molar-refractivity contribution in [2.24, 2.45) is 23.5 Å². The van der Waals surface area contributed by atoms with Gasteiger partial charge in [-0.1, -0.05) is 37.3 Å². The van der Waals surface area contributed by atoms with Gasteiger partial charge in [-0.3, -0.25) is 0 Å². The number of hydrogen-bond donors (Lipinski definition) is 1. The van der Waals surface area contributed by atoms with E-state index in [2.05, 4.69) is 0 Å². The van der Waals surface area contributed by atoms with E-state index in [0.29, 0.717) is 5.92 Å². The van der Waals surface area contributed by atoms with Crippen LogP contribution >= 0.6 is 11.6 Å². The van der Waals surface area contributed by atoms with Gasteiger partial charge in [0.25, 0.3) is 0 Å². The zero-order valence-electron chi connectivity index (χ0n) is 12.9. The summed E-state index contributed by atoms with van der Waals surface area (Å²) in [6.07, 6.45) is 9.56. The molecule has 4 atom stereocenters. The molecule has 2 nitrogen and oxygen atoms in total. The van der Waals surface area contributed by atoms with Gasteiger partial charge in [0, 0.05) is 16.6 Å². The normalized spacial score (nSPS) is 30.5. The Bertz CT molecular complexity index is 490. The van der Waals surface area contributed by atoms with Gasteiger partial charge in [0.1, 0.15) is 5.75 Å². The van der Waals surface area contributed by atoms with Gasteiger partial charge in [-0.2, -0.15) is 0 Å². The Kier molecular flexibility index (Phi) is 4.75. The van der Waals surface area contributed by atoms with Gasteiger partial charge in [-0.25, -0.2) is 0 Å². The summed E-state index contributed by atoms with van der Waals surface area (Å²) in [4.78, 5) is 0. The van der Waals surface area contributed by atoms with E-state index < -0.39 is 0 Å². The van der Waals surface area contributed by atoms with Crippen LogP contribution in [0.15, 0.2) is 18.2 Å². The van der Waals surface area contributed by atoms with Gasteiger partial charge in [0.15, 0.2) is 0 Å². The Labute approximate surface area is 133 Å². The average molecular weight is 308 g/mol.